The Morgan fingerprint density at radius 1 is 1.71 bits per heavy atom. The quantitative estimate of drug-likeness (QED) is 0.694. The average molecular weight is 200 g/mol. The van der Waals surface area contributed by atoms with Gasteiger partial charge >= 0.3 is 5.97 Å². The maximum absolute atomic E-state index is 10.6. The number of nitrogens with zero attached hydrogens (tertiary/aromatic N) is 1. The highest BCUT2D eigenvalue weighted by Gasteiger charge is 2.18. The molecule has 1 heterocycles. The van der Waals surface area contributed by atoms with E-state index in [1.165, 1.54) is 0 Å². The predicted octanol–water partition coefficient (Wildman–Crippen LogP) is 0.520. The summed E-state index contributed by atoms with van der Waals surface area (Å²) in [5.74, 6) is -0.945. The summed E-state index contributed by atoms with van der Waals surface area (Å²) in [6, 6.07) is 0.281. The van der Waals surface area contributed by atoms with E-state index >= 15 is 0 Å². The summed E-state index contributed by atoms with van der Waals surface area (Å²) in [6.45, 7) is 4.61. The van der Waals surface area contributed by atoms with Gasteiger partial charge in [0.25, 0.3) is 0 Å². The molecule has 1 aliphatic rings. The minimum Gasteiger partial charge on any atom is -0.481 e. The lowest BCUT2D eigenvalue weighted by atomic mass is 10.0. The van der Waals surface area contributed by atoms with Crippen LogP contribution in [0.4, 0.5) is 0 Å². The highest BCUT2D eigenvalue weighted by atomic mass is 16.4. The van der Waals surface area contributed by atoms with Crippen molar-refractivity contribution in [2.75, 3.05) is 19.6 Å². The molecule has 82 valence electrons. The number of carboxylic acid groups (broad SMARTS) is 1. The fourth-order valence-electron chi connectivity index (χ4n) is 1.79. The second kappa shape index (κ2) is 5.32. The number of nitrogens with two attached hydrogens (primary N) is 1. The van der Waals surface area contributed by atoms with Crippen LogP contribution in [0.1, 0.15) is 26.2 Å². The monoisotopic (exact) mass is 200 g/mol. The van der Waals surface area contributed by atoms with Crippen LogP contribution >= 0.6 is 0 Å². The van der Waals surface area contributed by atoms with Gasteiger partial charge in [0.2, 0.25) is 0 Å². The number of carbonyl (C=O) groups is 1. The Labute approximate surface area is 85.1 Å². The van der Waals surface area contributed by atoms with E-state index in [2.05, 4.69) is 4.90 Å². The highest BCUT2D eigenvalue weighted by molar-refractivity contribution is 5.69. The predicted molar refractivity (Wildman–Crippen MR) is 55.1 cm³/mol. The van der Waals surface area contributed by atoms with Gasteiger partial charge in [-0.1, -0.05) is 6.92 Å². The average Bonchev–Trinajstić information content (AvgIpc) is 2.14. The largest absolute Gasteiger partial charge is 0.481 e. The van der Waals surface area contributed by atoms with Crippen molar-refractivity contribution in [2.45, 2.75) is 32.2 Å². The Bertz CT molecular complexity index is 197. The number of hydrogen-bond donors (Lipinski definition) is 2. The Hall–Kier alpha value is -0.610. The molecule has 1 rings (SSSR count). The second-order valence-electron chi connectivity index (χ2n) is 4.23. The molecule has 14 heavy (non-hydrogen) atoms. The lowest BCUT2D eigenvalue weighted by molar-refractivity contribution is -0.141. The first-order valence-corrected chi connectivity index (χ1v) is 5.30. The van der Waals surface area contributed by atoms with Gasteiger partial charge in [-0.15, -0.1) is 0 Å². The Morgan fingerprint density at radius 2 is 2.43 bits per heavy atom. The summed E-state index contributed by atoms with van der Waals surface area (Å²) in [4.78, 5) is 12.9. The standard InChI is InChI=1S/C10H20N2O2/c1-8(10(13)14)4-6-12-5-2-3-9(11)7-12/h8-9H,2-7,11H2,1H3,(H,13,14). The van der Waals surface area contributed by atoms with Gasteiger partial charge in [0.1, 0.15) is 0 Å². The van der Waals surface area contributed by atoms with E-state index in [0.717, 1.165) is 38.9 Å². The number of carboxylic acids is 1. The minimum atomic E-state index is -0.702. The van der Waals surface area contributed by atoms with Gasteiger partial charge in [0, 0.05) is 12.6 Å². The molecule has 0 aromatic heterocycles. The maximum Gasteiger partial charge on any atom is 0.306 e. The van der Waals surface area contributed by atoms with Crippen LogP contribution in [0.5, 0.6) is 0 Å². The summed E-state index contributed by atoms with van der Waals surface area (Å²) < 4.78 is 0. The molecule has 0 aromatic carbocycles. The molecule has 2 unspecified atom stereocenters. The van der Waals surface area contributed by atoms with E-state index in [-0.39, 0.29) is 12.0 Å². The van der Waals surface area contributed by atoms with Crippen molar-refractivity contribution in [3.05, 3.63) is 0 Å². The molecule has 0 aliphatic carbocycles. The molecule has 0 amide bonds. The lowest BCUT2D eigenvalue weighted by Crippen LogP contribution is -2.43. The smallest absolute Gasteiger partial charge is 0.306 e. The molecule has 0 aromatic rings. The third-order valence-electron chi connectivity index (χ3n) is 2.84. The van der Waals surface area contributed by atoms with E-state index in [9.17, 15) is 4.79 Å². The van der Waals surface area contributed by atoms with Crippen LogP contribution in [0.25, 0.3) is 0 Å². The van der Waals surface area contributed by atoms with Crippen LogP contribution in [-0.4, -0.2) is 41.7 Å². The summed E-state index contributed by atoms with van der Waals surface area (Å²) in [7, 11) is 0. The number of likely N-dealkylation sites (tertiary alicyclic amines) is 1. The summed E-state index contributed by atoms with van der Waals surface area (Å²) in [5, 5.41) is 8.72. The van der Waals surface area contributed by atoms with Crippen molar-refractivity contribution in [3.8, 4) is 0 Å². The molecule has 0 saturated carbocycles. The van der Waals surface area contributed by atoms with E-state index in [1.54, 1.807) is 6.92 Å². The van der Waals surface area contributed by atoms with Crippen molar-refractivity contribution in [2.24, 2.45) is 11.7 Å². The van der Waals surface area contributed by atoms with E-state index < -0.39 is 5.97 Å². The number of rotatable bonds is 4. The Morgan fingerprint density at radius 3 is 3.00 bits per heavy atom. The van der Waals surface area contributed by atoms with Crippen molar-refractivity contribution in [1.29, 1.82) is 0 Å². The number of piperidine rings is 1. The van der Waals surface area contributed by atoms with Crippen LogP contribution in [0, 0.1) is 5.92 Å². The molecule has 4 nitrogen and oxygen atoms in total. The molecule has 0 spiro atoms. The zero-order valence-electron chi connectivity index (χ0n) is 8.78. The second-order valence-corrected chi connectivity index (χ2v) is 4.23. The van der Waals surface area contributed by atoms with Crippen LogP contribution in [0.2, 0.25) is 0 Å². The van der Waals surface area contributed by atoms with Gasteiger partial charge in [-0.3, -0.25) is 4.79 Å². The topological polar surface area (TPSA) is 66.6 Å². The van der Waals surface area contributed by atoms with Gasteiger partial charge in [0.05, 0.1) is 5.92 Å². The minimum absolute atomic E-state index is 0.242. The zero-order valence-corrected chi connectivity index (χ0v) is 8.78. The van der Waals surface area contributed by atoms with Crippen molar-refractivity contribution in [3.63, 3.8) is 0 Å². The molecule has 0 radical (unpaired) electrons. The van der Waals surface area contributed by atoms with E-state index in [4.69, 9.17) is 10.8 Å². The third-order valence-corrected chi connectivity index (χ3v) is 2.84. The van der Waals surface area contributed by atoms with Crippen LogP contribution in [-0.2, 0) is 4.79 Å². The third kappa shape index (κ3) is 3.64. The fraction of sp³-hybridized carbons (Fsp3) is 0.900. The molecule has 3 N–H and O–H groups in total. The van der Waals surface area contributed by atoms with Crippen LogP contribution in [0.15, 0.2) is 0 Å². The van der Waals surface area contributed by atoms with Gasteiger partial charge in [0.15, 0.2) is 0 Å². The Balaban J connectivity index is 2.20. The normalized spacial score (nSPS) is 26.0. The van der Waals surface area contributed by atoms with Crippen LogP contribution in [0.3, 0.4) is 0 Å². The first kappa shape index (κ1) is 11.5. The molecule has 1 saturated heterocycles. The summed E-state index contributed by atoms with van der Waals surface area (Å²) >= 11 is 0. The van der Waals surface area contributed by atoms with E-state index in [1.807, 2.05) is 0 Å². The van der Waals surface area contributed by atoms with Gasteiger partial charge in [-0.05, 0) is 32.4 Å². The van der Waals surface area contributed by atoms with Crippen molar-refractivity contribution in [1.82, 2.24) is 4.90 Å². The molecule has 2 atom stereocenters. The maximum atomic E-state index is 10.6. The fourth-order valence-corrected chi connectivity index (χ4v) is 1.79. The molecular formula is C10H20N2O2. The highest BCUT2D eigenvalue weighted by Crippen LogP contribution is 2.10. The van der Waals surface area contributed by atoms with Gasteiger partial charge < -0.3 is 15.7 Å². The van der Waals surface area contributed by atoms with E-state index in [0.29, 0.717) is 0 Å². The number of aliphatic carboxylic acids is 1. The van der Waals surface area contributed by atoms with Gasteiger partial charge in [-0.2, -0.15) is 0 Å². The van der Waals surface area contributed by atoms with Gasteiger partial charge in [-0.25, -0.2) is 0 Å². The van der Waals surface area contributed by atoms with Crippen molar-refractivity contribution >= 4 is 5.97 Å². The number of hydrogen-bond acceptors (Lipinski definition) is 3. The summed E-state index contributed by atoms with van der Waals surface area (Å²) in [5.41, 5.74) is 5.83. The van der Waals surface area contributed by atoms with Crippen LogP contribution < -0.4 is 5.73 Å². The zero-order chi connectivity index (χ0) is 10.6. The first-order valence-electron chi connectivity index (χ1n) is 5.30. The Kier molecular flexibility index (Phi) is 4.35. The SMILES string of the molecule is CC(CCN1CCCC(N)C1)C(=O)O. The van der Waals surface area contributed by atoms with Crippen molar-refractivity contribution < 1.29 is 9.90 Å². The molecule has 0 bridgehead atoms. The molecule has 1 fully saturated rings. The lowest BCUT2D eigenvalue weighted by Gasteiger charge is -2.30. The first-order chi connectivity index (χ1) is 6.59. The molecule has 4 heteroatoms. The summed E-state index contributed by atoms with van der Waals surface area (Å²) in [6.07, 6.45) is 2.97. The molecule has 1 aliphatic heterocycles. The molecular weight excluding hydrogens is 180 g/mol.